The zero-order chi connectivity index (χ0) is 19.9. The van der Waals surface area contributed by atoms with Crippen LogP contribution in [0.5, 0.6) is 0 Å². The summed E-state index contributed by atoms with van der Waals surface area (Å²) in [4.78, 5) is 26.8. The quantitative estimate of drug-likeness (QED) is 0.676. The Morgan fingerprint density at radius 2 is 1.54 bits per heavy atom. The van der Waals surface area contributed by atoms with E-state index in [1.54, 1.807) is 24.3 Å². The van der Waals surface area contributed by atoms with Gasteiger partial charge in [-0.15, -0.1) is 0 Å². The van der Waals surface area contributed by atoms with Gasteiger partial charge in [0.2, 0.25) is 0 Å². The first-order valence-corrected chi connectivity index (χ1v) is 10.2. The summed E-state index contributed by atoms with van der Waals surface area (Å²) in [5.74, 6) is -0.210. The number of benzene rings is 2. The summed E-state index contributed by atoms with van der Waals surface area (Å²) in [6, 6.07) is 15.1. The zero-order valence-electron chi connectivity index (χ0n) is 16.7. The molecule has 5 heteroatoms. The first-order valence-electron chi connectivity index (χ1n) is 10.2. The number of hydrogen-bond donors (Lipinski definition) is 2. The van der Waals surface area contributed by atoms with E-state index in [0.29, 0.717) is 22.9 Å². The van der Waals surface area contributed by atoms with E-state index in [2.05, 4.69) is 29.4 Å². The van der Waals surface area contributed by atoms with Gasteiger partial charge in [-0.05, 0) is 74.7 Å². The minimum absolute atomic E-state index is 0.0560. The third-order valence-corrected chi connectivity index (χ3v) is 4.98. The van der Waals surface area contributed by atoms with Gasteiger partial charge in [-0.3, -0.25) is 9.59 Å². The summed E-state index contributed by atoms with van der Waals surface area (Å²) in [5, 5.41) is 5.85. The zero-order valence-corrected chi connectivity index (χ0v) is 16.7. The van der Waals surface area contributed by atoms with Crippen molar-refractivity contribution in [1.29, 1.82) is 0 Å². The SMILES string of the molecule is CCCCN(CC)c1ccc(C(=O)Nc2ccc(C(=O)NC3CC3)cc2)cc1. The third-order valence-electron chi connectivity index (χ3n) is 4.98. The number of carbonyl (C=O) groups is 2. The molecule has 0 bridgehead atoms. The largest absolute Gasteiger partial charge is 0.372 e. The molecular weight excluding hydrogens is 350 g/mol. The van der Waals surface area contributed by atoms with Crippen molar-refractivity contribution in [3.63, 3.8) is 0 Å². The first kappa shape index (κ1) is 19.9. The van der Waals surface area contributed by atoms with E-state index in [0.717, 1.165) is 44.5 Å². The number of carbonyl (C=O) groups excluding carboxylic acids is 2. The van der Waals surface area contributed by atoms with E-state index in [4.69, 9.17) is 0 Å². The van der Waals surface area contributed by atoms with Crippen molar-refractivity contribution in [2.75, 3.05) is 23.3 Å². The van der Waals surface area contributed by atoms with Gasteiger partial charge in [0.05, 0.1) is 0 Å². The predicted molar refractivity (Wildman–Crippen MR) is 114 cm³/mol. The monoisotopic (exact) mass is 379 g/mol. The van der Waals surface area contributed by atoms with Crippen molar-refractivity contribution in [2.45, 2.75) is 45.6 Å². The van der Waals surface area contributed by atoms with Crippen molar-refractivity contribution in [3.05, 3.63) is 59.7 Å². The summed E-state index contributed by atoms with van der Waals surface area (Å²) in [6.45, 7) is 6.31. The van der Waals surface area contributed by atoms with E-state index in [-0.39, 0.29) is 11.8 Å². The molecule has 2 aromatic rings. The van der Waals surface area contributed by atoms with Crippen LogP contribution in [0.3, 0.4) is 0 Å². The number of rotatable bonds is 9. The maximum Gasteiger partial charge on any atom is 0.255 e. The van der Waals surface area contributed by atoms with E-state index in [9.17, 15) is 9.59 Å². The second kappa shape index (κ2) is 9.40. The number of nitrogens with zero attached hydrogens (tertiary/aromatic N) is 1. The average Bonchev–Trinajstić information content (AvgIpc) is 3.53. The molecule has 2 aromatic carbocycles. The van der Waals surface area contributed by atoms with Crippen LogP contribution in [-0.4, -0.2) is 30.9 Å². The Morgan fingerprint density at radius 3 is 2.11 bits per heavy atom. The van der Waals surface area contributed by atoms with Crippen LogP contribution in [0.1, 0.15) is 60.2 Å². The fourth-order valence-corrected chi connectivity index (χ4v) is 3.05. The van der Waals surface area contributed by atoms with Crippen LogP contribution in [0.4, 0.5) is 11.4 Å². The summed E-state index contributed by atoms with van der Waals surface area (Å²) < 4.78 is 0. The second-order valence-corrected chi connectivity index (χ2v) is 7.26. The van der Waals surface area contributed by atoms with E-state index >= 15 is 0 Å². The van der Waals surface area contributed by atoms with Crippen molar-refractivity contribution in [3.8, 4) is 0 Å². The molecule has 0 spiro atoms. The Balaban J connectivity index is 1.58. The molecule has 1 saturated carbocycles. The third kappa shape index (κ3) is 5.35. The van der Waals surface area contributed by atoms with Gasteiger partial charge in [0.15, 0.2) is 0 Å². The van der Waals surface area contributed by atoms with Crippen molar-refractivity contribution in [1.82, 2.24) is 5.32 Å². The Hall–Kier alpha value is -2.82. The van der Waals surface area contributed by atoms with Crippen LogP contribution in [0.15, 0.2) is 48.5 Å². The molecule has 0 atom stereocenters. The lowest BCUT2D eigenvalue weighted by Crippen LogP contribution is -2.25. The van der Waals surface area contributed by atoms with E-state index in [1.165, 1.54) is 0 Å². The van der Waals surface area contributed by atoms with Crippen LogP contribution in [0.25, 0.3) is 0 Å². The summed E-state index contributed by atoms with van der Waals surface area (Å²) >= 11 is 0. The van der Waals surface area contributed by atoms with Crippen LogP contribution < -0.4 is 15.5 Å². The lowest BCUT2D eigenvalue weighted by atomic mass is 10.1. The fourth-order valence-electron chi connectivity index (χ4n) is 3.05. The minimum Gasteiger partial charge on any atom is -0.372 e. The Morgan fingerprint density at radius 1 is 0.929 bits per heavy atom. The molecule has 5 nitrogen and oxygen atoms in total. The molecule has 2 amide bonds. The molecule has 0 unspecified atom stereocenters. The highest BCUT2D eigenvalue weighted by Crippen LogP contribution is 2.20. The Bertz CT molecular complexity index is 796. The molecular formula is C23H29N3O2. The molecule has 1 fully saturated rings. The van der Waals surface area contributed by atoms with E-state index < -0.39 is 0 Å². The molecule has 0 aliphatic heterocycles. The Kier molecular flexibility index (Phi) is 6.69. The lowest BCUT2D eigenvalue weighted by molar-refractivity contribution is 0.0950. The number of anilines is 2. The first-order chi connectivity index (χ1) is 13.6. The van der Waals surface area contributed by atoms with Crippen molar-refractivity contribution < 1.29 is 9.59 Å². The molecule has 148 valence electrons. The molecule has 0 saturated heterocycles. The molecule has 1 aliphatic carbocycles. The smallest absolute Gasteiger partial charge is 0.255 e. The Labute approximate surface area is 167 Å². The van der Waals surface area contributed by atoms with Gasteiger partial charge in [-0.25, -0.2) is 0 Å². The molecule has 0 radical (unpaired) electrons. The van der Waals surface area contributed by atoms with Gasteiger partial charge in [-0.2, -0.15) is 0 Å². The van der Waals surface area contributed by atoms with Gasteiger partial charge >= 0.3 is 0 Å². The molecule has 2 N–H and O–H groups in total. The predicted octanol–water partition coefficient (Wildman–Crippen LogP) is 4.46. The van der Waals surface area contributed by atoms with Crippen LogP contribution >= 0.6 is 0 Å². The number of hydrogen-bond acceptors (Lipinski definition) is 3. The van der Waals surface area contributed by atoms with Gasteiger partial charge in [0.25, 0.3) is 11.8 Å². The van der Waals surface area contributed by atoms with Crippen molar-refractivity contribution >= 4 is 23.2 Å². The lowest BCUT2D eigenvalue weighted by Gasteiger charge is -2.23. The summed E-state index contributed by atoms with van der Waals surface area (Å²) in [7, 11) is 0. The van der Waals surface area contributed by atoms with Gasteiger partial charge < -0.3 is 15.5 Å². The maximum atomic E-state index is 12.5. The molecule has 0 aromatic heterocycles. The highest BCUT2D eigenvalue weighted by molar-refractivity contribution is 6.04. The number of nitrogens with one attached hydrogen (secondary N) is 2. The van der Waals surface area contributed by atoms with Gasteiger partial charge in [-0.1, -0.05) is 13.3 Å². The van der Waals surface area contributed by atoms with Crippen molar-refractivity contribution in [2.24, 2.45) is 0 Å². The summed E-state index contributed by atoms with van der Waals surface area (Å²) in [6.07, 6.45) is 4.45. The van der Waals surface area contributed by atoms with Gasteiger partial charge in [0.1, 0.15) is 0 Å². The molecule has 3 rings (SSSR count). The number of unbranched alkanes of at least 4 members (excludes halogenated alkanes) is 1. The molecule has 0 heterocycles. The highest BCUT2D eigenvalue weighted by Gasteiger charge is 2.23. The minimum atomic E-state index is -0.154. The fraction of sp³-hybridized carbons (Fsp3) is 0.391. The summed E-state index contributed by atoms with van der Waals surface area (Å²) in [5.41, 5.74) is 3.04. The molecule has 1 aliphatic rings. The standard InChI is InChI=1S/C23H29N3O2/c1-3-5-16-26(4-2)21-14-8-18(9-15-21)23(28)24-19-10-6-17(7-11-19)22(27)25-20-12-13-20/h6-11,14-15,20H,3-5,12-13,16H2,1-2H3,(H,24,28)(H,25,27). The van der Waals surface area contributed by atoms with Crippen LogP contribution in [0.2, 0.25) is 0 Å². The van der Waals surface area contributed by atoms with E-state index in [1.807, 2.05) is 24.3 Å². The van der Waals surface area contributed by atoms with Gasteiger partial charge in [0, 0.05) is 41.6 Å². The second-order valence-electron chi connectivity index (χ2n) is 7.26. The molecule has 28 heavy (non-hydrogen) atoms. The van der Waals surface area contributed by atoms with Crippen LogP contribution in [0, 0.1) is 0 Å². The highest BCUT2D eigenvalue weighted by atomic mass is 16.2. The average molecular weight is 380 g/mol. The van der Waals surface area contributed by atoms with Crippen LogP contribution in [-0.2, 0) is 0 Å². The number of amides is 2. The topological polar surface area (TPSA) is 61.4 Å². The maximum absolute atomic E-state index is 12.5. The normalized spacial score (nSPS) is 13.1.